The van der Waals surface area contributed by atoms with Crippen molar-refractivity contribution in [1.29, 1.82) is 0 Å². The van der Waals surface area contributed by atoms with Gasteiger partial charge < -0.3 is 10.1 Å². The van der Waals surface area contributed by atoms with E-state index in [1.54, 1.807) is 19.4 Å². The Hall–Kier alpha value is -2.10. The van der Waals surface area contributed by atoms with Crippen LogP contribution in [-0.2, 0) is 6.54 Å². The van der Waals surface area contributed by atoms with Crippen molar-refractivity contribution in [2.45, 2.75) is 13.5 Å². The molecule has 0 aliphatic heterocycles. The highest BCUT2D eigenvalue weighted by molar-refractivity contribution is 5.56. The highest BCUT2D eigenvalue weighted by Crippen LogP contribution is 2.24. The van der Waals surface area contributed by atoms with Crippen molar-refractivity contribution in [3.63, 3.8) is 0 Å². The van der Waals surface area contributed by atoms with Gasteiger partial charge in [-0.15, -0.1) is 0 Å². The van der Waals surface area contributed by atoms with E-state index in [0.717, 1.165) is 16.9 Å². The van der Waals surface area contributed by atoms with Crippen molar-refractivity contribution >= 4 is 5.69 Å². The van der Waals surface area contributed by atoms with Gasteiger partial charge in [-0.05, 0) is 30.7 Å². The maximum atomic E-state index is 13.0. The molecule has 0 amide bonds. The van der Waals surface area contributed by atoms with Crippen LogP contribution in [0.4, 0.5) is 10.1 Å². The predicted molar refractivity (Wildman–Crippen MR) is 69.3 cm³/mol. The molecular formula is C14H15FN2O. The van der Waals surface area contributed by atoms with Gasteiger partial charge in [0.1, 0.15) is 5.82 Å². The van der Waals surface area contributed by atoms with Gasteiger partial charge in [0, 0.05) is 12.2 Å². The monoisotopic (exact) mass is 246 g/mol. The van der Waals surface area contributed by atoms with Crippen LogP contribution in [0.1, 0.15) is 11.3 Å². The molecule has 0 atom stereocenters. The first kappa shape index (κ1) is 12.4. The summed E-state index contributed by atoms with van der Waals surface area (Å²) in [6.07, 6.45) is 1.67. The molecule has 3 nitrogen and oxygen atoms in total. The number of aryl methyl sites for hydroxylation is 1. The molecule has 1 aromatic heterocycles. The molecule has 0 radical (unpaired) electrons. The van der Waals surface area contributed by atoms with Gasteiger partial charge in [-0.25, -0.2) is 4.39 Å². The average molecular weight is 246 g/mol. The first-order chi connectivity index (χ1) is 8.69. The number of nitrogens with zero attached hydrogens (tertiary/aromatic N) is 1. The molecule has 0 bridgehead atoms. The Kier molecular flexibility index (Phi) is 3.77. The van der Waals surface area contributed by atoms with Crippen molar-refractivity contribution in [3.8, 4) is 5.75 Å². The number of pyridine rings is 1. The quantitative estimate of drug-likeness (QED) is 0.899. The van der Waals surface area contributed by atoms with Crippen molar-refractivity contribution < 1.29 is 9.13 Å². The third-order valence-corrected chi connectivity index (χ3v) is 2.60. The number of aromatic nitrogens is 1. The summed E-state index contributed by atoms with van der Waals surface area (Å²) in [5.41, 5.74) is 2.64. The van der Waals surface area contributed by atoms with E-state index in [9.17, 15) is 4.39 Å². The van der Waals surface area contributed by atoms with E-state index in [1.165, 1.54) is 12.1 Å². The van der Waals surface area contributed by atoms with Crippen LogP contribution in [0.15, 0.2) is 36.5 Å². The van der Waals surface area contributed by atoms with Crippen molar-refractivity contribution in [2.24, 2.45) is 0 Å². The molecule has 1 heterocycles. The van der Waals surface area contributed by atoms with Crippen LogP contribution in [0.2, 0.25) is 0 Å². The lowest BCUT2D eigenvalue weighted by Gasteiger charge is -2.11. The molecule has 18 heavy (non-hydrogen) atoms. The summed E-state index contributed by atoms with van der Waals surface area (Å²) in [6.45, 7) is 2.45. The number of nitrogens with one attached hydrogen (secondary N) is 1. The maximum Gasteiger partial charge on any atom is 0.160 e. The molecule has 0 spiro atoms. The van der Waals surface area contributed by atoms with Crippen LogP contribution in [0.5, 0.6) is 5.75 Å². The summed E-state index contributed by atoms with van der Waals surface area (Å²) in [4.78, 5) is 4.15. The number of rotatable bonds is 4. The Morgan fingerprint density at radius 2 is 2.17 bits per heavy atom. The van der Waals surface area contributed by atoms with E-state index >= 15 is 0 Å². The molecule has 0 aliphatic carbocycles. The molecule has 94 valence electrons. The van der Waals surface area contributed by atoms with Crippen molar-refractivity contribution in [3.05, 3.63) is 53.6 Å². The molecule has 2 aromatic rings. The molecule has 0 saturated heterocycles. The van der Waals surface area contributed by atoms with E-state index < -0.39 is 0 Å². The fraction of sp³-hybridized carbons (Fsp3) is 0.214. The van der Waals surface area contributed by atoms with Gasteiger partial charge in [0.05, 0.1) is 19.0 Å². The number of ether oxygens (including phenoxy) is 1. The molecule has 1 aromatic carbocycles. The SMILES string of the molecule is COc1cnc(C)cc1NCc1cccc(F)c1. The highest BCUT2D eigenvalue weighted by Gasteiger charge is 2.04. The van der Waals surface area contributed by atoms with Gasteiger partial charge in [-0.1, -0.05) is 12.1 Å². The molecule has 4 heteroatoms. The first-order valence-corrected chi connectivity index (χ1v) is 5.68. The van der Waals surface area contributed by atoms with Gasteiger partial charge >= 0.3 is 0 Å². The molecule has 0 aliphatic rings. The number of methoxy groups -OCH3 is 1. The summed E-state index contributed by atoms with van der Waals surface area (Å²) in [5, 5.41) is 3.22. The minimum atomic E-state index is -0.229. The zero-order valence-corrected chi connectivity index (χ0v) is 10.4. The molecule has 1 N–H and O–H groups in total. The van der Waals surface area contributed by atoms with Crippen molar-refractivity contribution in [1.82, 2.24) is 4.98 Å². The number of anilines is 1. The predicted octanol–water partition coefficient (Wildman–Crippen LogP) is 3.15. The Morgan fingerprint density at radius 1 is 1.33 bits per heavy atom. The van der Waals surface area contributed by atoms with E-state index in [0.29, 0.717) is 12.3 Å². The number of hydrogen-bond donors (Lipinski definition) is 1. The smallest absolute Gasteiger partial charge is 0.160 e. The normalized spacial score (nSPS) is 10.2. The summed E-state index contributed by atoms with van der Waals surface area (Å²) in [5.74, 6) is 0.448. The Labute approximate surface area is 106 Å². The summed E-state index contributed by atoms with van der Waals surface area (Å²) >= 11 is 0. The Morgan fingerprint density at radius 3 is 2.89 bits per heavy atom. The van der Waals surface area contributed by atoms with Gasteiger partial charge in [0.15, 0.2) is 5.75 Å². The lowest BCUT2D eigenvalue weighted by molar-refractivity contribution is 0.414. The van der Waals surface area contributed by atoms with Gasteiger partial charge in [0.25, 0.3) is 0 Å². The molecule has 0 unspecified atom stereocenters. The topological polar surface area (TPSA) is 34.1 Å². The van der Waals surface area contributed by atoms with Gasteiger partial charge in [0.2, 0.25) is 0 Å². The second kappa shape index (κ2) is 5.49. The lowest BCUT2D eigenvalue weighted by Crippen LogP contribution is -2.02. The third kappa shape index (κ3) is 2.97. The third-order valence-electron chi connectivity index (χ3n) is 2.60. The van der Waals surface area contributed by atoms with Crippen LogP contribution in [0.3, 0.4) is 0 Å². The fourth-order valence-electron chi connectivity index (χ4n) is 1.69. The fourth-order valence-corrected chi connectivity index (χ4v) is 1.69. The number of benzene rings is 1. The molecule has 0 saturated carbocycles. The van der Waals surface area contributed by atoms with Gasteiger partial charge in [-0.2, -0.15) is 0 Å². The molecular weight excluding hydrogens is 231 g/mol. The lowest BCUT2D eigenvalue weighted by atomic mass is 10.2. The van der Waals surface area contributed by atoms with Crippen LogP contribution in [-0.4, -0.2) is 12.1 Å². The van der Waals surface area contributed by atoms with E-state index in [2.05, 4.69) is 10.3 Å². The summed E-state index contributed by atoms with van der Waals surface area (Å²) in [7, 11) is 1.60. The first-order valence-electron chi connectivity index (χ1n) is 5.68. The molecule has 0 fully saturated rings. The maximum absolute atomic E-state index is 13.0. The average Bonchev–Trinajstić information content (AvgIpc) is 2.37. The zero-order chi connectivity index (χ0) is 13.0. The Balaban J connectivity index is 2.12. The van der Waals surface area contributed by atoms with Crippen LogP contribution >= 0.6 is 0 Å². The summed E-state index contributed by atoms with van der Waals surface area (Å²) in [6, 6.07) is 8.41. The highest BCUT2D eigenvalue weighted by atomic mass is 19.1. The Bertz CT molecular complexity index is 543. The van der Waals surface area contributed by atoms with Crippen LogP contribution < -0.4 is 10.1 Å². The van der Waals surface area contributed by atoms with Crippen molar-refractivity contribution in [2.75, 3.05) is 12.4 Å². The largest absolute Gasteiger partial charge is 0.493 e. The van der Waals surface area contributed by atoms with Crippen LogP contribution in [0.25, 0.3) is 0 Å². The summed E-state index contributed by atoms with van der Waals surface area (Å²) < 4.78 is 18.3. The van der Waals surface area contributed by atoms with Gasteiger partial charge in [-0.3, -0.25) is 4.98 Å². The standard InChI is InChI=1S/C14H15FN2O/c1-10-6-13(14(18-2)9-16-10)17-8-11-4-3-5-12(15)7-11/h3-7,9H,8H2,1-2H3,(H,16,17). The second-order valence-corrected chi connectivity index (χ2v) is 4.01. The number of hydrogen-bond acceptors (Lipinski definition) is 3. The minimum absolute atomic E-state index is 0.229. The zero-order valence-electron chi connectivity index (χ0n) is 10.4. The van der Waals surface area contributed by atoms with E-state index in [-0.39, 0.29) is 5.82 Å². The second-order valence-electron chi connectivity index (χ2n) is 4.01. The van der Waals surface area contributed by atoms with E-state index in [1.807, 2.05) is 19.1 Å². The molecule has 2 rings (SSSR count). The number of halogens is 1. The van der Waals surface area contributed by atoms with E-state index in [4.69, 9.17) is 4.74 Å². The minimum Gasteiger partial charge on any atom is -0.493 e. The van der Waals surface area contributed by atoms with Crippen LogP contribution in [0, 0.1) is 12.7 Å².